The molecule has 0 aromatic heterocycles. The number of alkyl halides is 1. The van der Waals surface area contributed by atoms with Crippen molar-refractivity contribution in [2.45, 2.75) is 39.0 Å². The second kappa shape index (κ2) is 6.87. The van der Waals surface area contributed by atoms with Crippen LogP contribution in [0.5, 0.6) is 0 Å². The van der Waals surface area contributed by atoms with Crippen molar-refractivity contribution in [2.24, 2.45) is 17.8 Å². The molecule has 3 aliphatic rings. The average molecular weight is 524 g/mol. The summed E-state index contributed by atoms with van der Waals surface area (Å²) in [6, 6.07) is 0. The number of hydrogen-bond acceptors (Lipinski definition) is 2. The molecule has 22 heavy (non-hydrogen) atoms. The Labute approximate surface area is 153 Å². The molecule has 0 amide bonds. The minimum absolute atomic E-state index is 0.156. The number of hydrogen-bond donors (Lipinski definition) is 0. The number of halogens is 2. The Hall–Kier alpha value is 0.0200. The van der Waals surface area contributed by atoms with Gasteiger partial charge in [0.05, 0.1) is 0 Å². The number of allylic oxidation sites excluding steroid dienone is 4. The summed E-state index contributed by atoms with van der Waals surface area (Å²) in [5, 5.41) is 0. The van der Waals surface area contributed by atoms with E-state index in [2.05, 4.69) is 40.2 Å². The van der Waals surface area contributed by atoms with E-state index in [1.54, 1.807) is 0 Å². The van der Waals surface area contributed by atoms with Crippen LogP contribution in [-0.4, -0.2) is 16.0 Å². The molecule has 0 aromatic carbocycles. The Morgan fingerprint density at radius 3 is 2.91 bits per heavy atom. The molecule has 2 aliphatic heterocycles. The molecule has 120 valence electrons. The van der Waals surface area contributed by atoms with Crippen LogP contribution in [0, 0.1) is 17.8 Å². The molecule has 1 aliphatic carbocycles. The molecule has 0 bridgehead atoms. The van der Waals surface area contributed by atoms with Crippen LogP contribution in [0.4, 0.5) is 0 Å². The predicted molar refractivity (Wildman–Crippen MR) is 107 cm³/mol. The van der Waals surface area contributed by atoms with E-state index in [0.717, 1.165) is 35.7 Å². The zero-order valence-corrected chi connectivity index (χ0v) is 17.2. The Morgan fingerprint density at radius 1 is 1.41 bits per heavy atom. The van der Waals surface area contributed by atoms with Gasteiger partial charge >= 0.3 is 154 Å². The quantitative estimate of drug-likeness (QED) is 0.376. The molecule has 0 spiro atoms. The molecule has 1 saturated heterocycles. The molecule has 1 saturated carbocycles. The topological polar surface area (TPSA) is 34.1 Å². The molecule has 0 aromatic rings. The number of rotatable bonds is 3. The minimum atomic E-state index is -1.41. The molecule has 3 atom stereocenters. The summed E-state index contributed by atoms with van der Waals surface area (Å²) in [4.78, 5) is 24.1. The van der Waals surface area contributed by atoms with Crippen molar-refractivity contribution >= 4 is 54.0 Å². The molecular weight excluding hydrogens is 502 g/mol. The molecule has 3 unspecified atom stereocenters. The van der Waals surface area contributed by atoms with Gasteiger partial charge in [0.25, 0.3) is 0 Å². The first-order chi connectivity index (χ1) is 10.5. The maximum atomic E-state index is 12.2. The second-order valence-corrected chi connectivity index (χ2v) is 12.6. The van der Waals surface area contributed by atoms with Crippen LogP contribution in [0.1, 0.15) is 39.0 Å². The second-order valence-electron chi connectivity index (χ2n) is 6.50. The predicted octanol–water partition coefficient (Wildman–Crippen LogP) is 5.21. The number of Topliss-reactive ketones (excluding diaryl/α,β-unsaturated/α-hetero) is 1. The van der Waals surface area contributed by atoms with Gasteiger partial charge in [-0.1, -0.05) is 0 Å². The third kappa shape index (κ3) is 3.14. The summed E-state index contributed by atoms with van der Waals surface area (Å²) < 4.78 is 5.69. The Bertz CT molecular complexity index is 588. The van der Waals surface area contributed by atoms with Gasteiger partial charge in [-0.05, 0) is 0 Å². The van der Waals surface area contributed by atoms with E-state index in [0.29, 0.717) is 23.5 Å². The van der Waals surface area contributed by atoms with Gasteiger partial charge in [0.15, 0.2) is 0 Å². The fraction of sp³-hybridized carbons (Fsp3) is 0.556. The molecule has 0 radical (unpaired) electrons. The van der Waals surface area contributed by atoms with Crippen molar-refractivity contribution in [3.8, 4) is 0 Å². The third-order valence-electron chi connectivity index (χ3n) is 5.05. The zero-order valence-electron chi connectivity index (χ0n) is 12.9. The van der Waals surface area contributed by atoms with E-state index in [4.69, 9.17) is 0 Å². The normalized spacial score (nSPS) is 33.6. The number of carbonyl (C=O) groups excluding carboxylic acids is 2. The Balaban J connectivity index is 1.80. The van der Waals surface area contributed by atoms with Crippen LogP contribution >= 0.6 is 42.4 Å². The van der Waals surface area contributed by atoms with Gasteiger partial charge in [0.1, 0.15) is 0 Å². The van der Waals surface area contributed by atoms with Gasteiger partial charge in [0.2, 0.25) is 0 Å². The fourth-order valence-electron chi connectivity index (χ4n) is 4.02. The fourth-order valence-corrected chi connectivity index (χ4v) is 12.2. The molecule has 0 N–H and O–H groups in total. The number of carbonyl (C=O) groups is 2. The van der Waals surface area contributed by atoms with E-state index in [1.165, 1.54) is 13.6 Å². The Kier molecular flexibility index (Phi) is 5.27. The Morgan fingerprint density at radius 2 is 2.18 bits per heavy atom. The van der Waals surface area contributed by atoms with Crippen molar-refractivity contribution in [3.05, 3.63) is 29.5 Å². The summed E-state index contributed by atoms with van der Waals surface area (Å²) in [5.74, 6) is 2.12. The van der Waals surface area contributed by atoms with Crippen LogP contribution in [0.3, 0.4) is 0 Å². The van der Waals surface area contributed by atoms with Crippen molar-refractivity contribution < 1.29 is 9.59 Å². The van der Waals surface area contributed by atoms with E-state index >= 15 is 0 Å². The first-order valence-electron chi connectivity index (χ1n) is 7.99. The van der Waals surface area contributed by atoms with E-state index in [1.807, 2.05) is 6.08 Å². The maximum absolute atomic E-state index is 12.2. The van der Waals surface area contributed by atoms with Gasteiger partial charge in [-0.25, -0.2) is 0 Å². The van der Waals surface area contributed by atoms with Crippen molar-refractivity contribution in [3.63, 3.8) is 0 Å². The summed E-state index contributed by atoms with van der Waals surface area (Å²) in [6.45, 7) is 6.45. The molecule has 2 nitrogen and oxygen atoms in total. The summed E-state index contributed by atoms with van der Waals surface area (Å²) in [6.07, 6.45) is 6.85. The number of ketones is 2. The van der Waals surface area contributed by atoms with Gasteiger partial charge in [-0.2, -0.15) is 0 Å². The molecule has 2 fully saturated rings. The van der Waals surface area contributed by atoms with Crippen LogP contribution in [-0.2, 0) is 9.59 Å². The molecule has 2 heterocycles. The molecular formula is C18H22I2O2. The van der Waals surface area contributed by atoms with Crippen molar-refractivity contribution in [2.75, 3.05) is 4.43 Å². The van der Waals surface area contributed by atoms with Crippen LogP contribution in [0.25, 0.3) is 0 Å². The standard InChI is InChI=1S/C18H22I2O2/c1-3-4-14-13(5-6-17(14)21)12-7-11(2)16-8-18(22)15(19)10-20(16)9-12/h8,10,12-14H,2-7,9H2,1H3. The van der Waals surface area contributed by atoms with Crippen LogP contribution in [0.2, 0.25) is 0 Å². The van der Waals surface area contributed by atoms with Crippen LogP contribution in [0.15, 0.2) is 29.5 Å². The van der Waals surface area contributed by atoms with Gasteiger partial charge in [-0.15, -0.1) is 0 Å². The zero-order chi connectivity index (χ0) is 15.9. The SMILES string of the molecule is C=C1CC(C2CCC(=O)C2CCC)CI2C=C(I)C(=O)C=C12. The van der Waals surface area contributed by atoms with E-state index < -0.39 is 19.8 Å². The monoisotopic (exact) mass is 524 g/mol. The summed E-state index contributed by atoms with van der Waals surface area (Å²) in [7, 11) is 0. The van der Waals surface area contributed by atoms with Crippen LogP contribution < -0.4 is 0 Å². The van der Waals surface area contributed by atoms with E-state index in [9.17, 15) is 9.59 Å². The summed E-state index contributed by atoms with van der Waals surface area (Å²) >= 11 is 0.771. The summed E-state index contributed by atoms with van der Waals surface area (Å²) in [5.41, 5.74) is 1.18. The average Bonchev–Trinajstić information content (AvgIpc) is 2.83. The first kappa shape index (κ1) is 16.9. The third-order valence-corrected chi connectivity index (χ3v) is 13.1. The molecule has 4 heteroatoms. The van der Waals surface area contributed by atoms with Gasteiger partial charge in [0, 0.05) is 0 Å². The van der Waals surface area contributed by atoms with Gasteiger partial charge < -0.3 is 0 Å². The number of fused-ring (bicyclic) bond motifs is 1. The van der Waals surface area contributed by atoms with Gasteiger partial charge in [-0.3, -0.25) is 0 Å². The van der Waals surface area contributed by atoms with E-state index in [-0.39, 0.29) is 5.78 Å². The molecule has 3 rings (SSSR count). The van der Waals surface area contributed by atoms with Crippen molar-refractivity contribution in [1.29, 1.82) is 0 Å². The first-order valence-corrected chi connectivity index (χ1v) is 12.9. The van der Waals surface area contributed by atoms with Crippen molar-refractivity contribution in [1.82, 2.24) is 0 Å².